The van der Waals surface area contributed by atoms with E-state index in [0.29, 0.717) is 18.9 Å². The maximum absolute atomic E-state index is 12.9. The highest BCUT2D eigenvalue weighted by molar-refractivity contribution is 5.85. The van der Waals surface area contributed by atoms with Crippen molar-refractivity contribution < 1.29 is 9.18 Å². The van der Waals surface area contributed by atoms with Gasteiger partial charge in [-0.05, 0) is 12.3 Å². The van der Waals surface area contributed by atoms with Crippen LogP contribution < -0.4 is 5.32 Å². The Hall–Kier alpha value is -0.350. The molecule has 88 valence electrons. The van der Waals surface area contributed by atoms with Gasteiger partial charge in [-0.1, -0.05) is 6.92 Å². The second-order valence-electron chi connectivity index (χ2n) is 4.47. The van der Waals surface area contributed by atoms with Crippen LogP contribution in [0, 0.1) is 5.92 Å². The van der Waals surface area contributed by atoms with Gasteiger partial charge in [-0.15, -0.1) is 12.4 Å². The Balaban J connectivity index is 0.00000112. The summed E-state index contributed by atoms with van der Waals surface area (Å²) < 4.78 is 12.9. The monoisotopic (exact) mass is 236 g/mol. The highest BCUT2D eigenvalue weighted by Crippen LogP contribution is 2.19. The van der Waals surface area contributed by atoms with Gasteiger partial charge in [0.1, 0.15) is 6.17 Å². The summed E-state index contributed by atoms with van der Waals surface area (Å²) >= 11 is 0. The number of rotatable bonds is 1. The number of likely N-dealkylation sites (tertiary alicyclic amines) is 1. The number of carbonyl (C=O) groups excluding carboxylic acids is 1. The van der Waals surface area contributed by atoms with Crippen LogP contribution in [0.1, 0.15) is 19.8 Å². The van der Waals surface area contributed by atoms with Gasteiger partial charge >= 0.3 is 0 Å². The summed E-state index contributed by atoms with van der Waals surface area (Å²) in [6.07, 6.45) is 0.588. The number of nitrogens with zero attached hydrogens (tertiary/aromatic N) is 1. The van der Waals surface area contributed by atoms with Crippen molar-refractivity contribution in [1.82, 2.24) is 10.2 Å². The molecule has 3 atom stereocenters. The third kappa shape index (κ3) is 2.82. The van der Waals surface area contributed by atoms with Crippen LogP contribution in [0.3, 0.4) is 0 Å². The zero-order chi connectivity index (χ0) is 10.1. The van der Waals surface area contributed by atoms with E-state index in [4.69, 9.17) is 0 Å². The Morgan fingerprint density at radius 2 is 2.27 bits per heavy atom. The maximum Gasteiger partial charge on any atom is 0.239 e. The van der Waals surface area contributed by atoms with Crippen LogP contribution in [-0.2, 0) is 4.79 Å². The number of hydrogen-bond acceptors (Lipinski definition) is 2. The van der Waals surface area contributed by atoms with Gasteiger partial charge in [-0.25, -0.2) is 4.39 Å². The lowest BCUT2D eigenvalue weighted by Crippen LogP contribution is -2.42. The molecule has 0 aliphatic carbocycles. The summed E-state index contributed by atoms with van der Waals surface area (Å²) in [5.41, 5.74) is 0. The third-order valence-corrected chi connectivity index (χ3v) is 3.11. The minimum absolute atomic E-state index is 0. The molecule has 1 amide bonds. The Morgan fingerprint density at radius 3 is 2.73 bits per heavy atom. The van der Waals surface area contributed by atoms with Crippen LogP contribution in [0.4, 0.5) is 4.39 Å². The van der Waals surface area contributed by atoms with E-state index >= 15 is 0 Å². The average molecular weight is 237 g/mol. The second-order valence-corrected chi connectivity index (χ2v) is 4.47. The van der Waals surface area contributed by atoms with Crippen molar-refractivity contribution in [1.29, 1.82) is 0 Å². The number of amides is 1. The zero-order valence-electron chi connectivity index (χ0n) is 8.91. The van der Waals surface area contributed by atoms with Gasteiger partial charge in [-0.3, -0.25) is 4.79 Å². The number of halogens is 2. The maximum atomic E-state index is 12.9. The predicted molar refractivity (Wildman–Crippen MR) is 58.9 cm³/mol. The number of alkyl halides is 1. The van der Waals surface area contributed by atoms with Gasteiger partial charge in [0.15, 0.2) is 0 Å². The van der Waals surface area contributed by atoms with E-state index in [0.717, 1.165) is 19.5 Å². The Morgan fingerprint density at radius 1 is 1.53 bits per heavy atom. The van der Waals surface area contributed by atoms with Crippen LogP contribution in [0.5, 0.6) is 0 Å². The molecule has 15 heavy (non-hydrogen) atoms. The van der Waals surface area contributed by atoms with Crippen molar-refractivity contribution in [2.75, 3.05) is 19.6 Å². The van der Waals surface area contributed by atoms with E-state index in [1.54, 1.807) is 0 Å². The molecular weight excluding hydrogens is 219 g/mol. The molecule has 2 saturated heterocycles. The Labute approximate surface area is 95.8 Å². The SMILES string of the molecule is CC1CCN(C(=O)[C@H]2C[C@H](F)CN2)C1.Cl. The summed E-state index contributed by atoms with van der Waals surface area (Å²) in [6, 6.07) is -0.268. The van der Waals surface area contributed by atoms with Crippen molar-refractivity contribution in [3.05, 3.63) is 0 Å². The Bertz CT molecular complexity index is 217. The van der Waals surface area contributed by atoms with Crippen molar-refractivity contribution in [2.24, 2.45) is 5.92 Å². The third-order valence-electron chi connectivity index (χ3n) is 3.11. The first-order valence-electron chi connectivity index (χ1n) is 5.33. The molecule has 3 nitrogen and oxygen atoms in total. The standard InChI is InChI=1S/C10H17FN2O.ClH/c1-7-2-3-13(6-7)10(14)9-4-8(11)5-12-9;/h7-9,12H,2-6H2,1H3;1H/t7?,8-,9+;/m0./s1. The van der Waals surface area contributed by atoms with E-state index in [1.807, 2.05) is 4.90 Å². The van der Waals surface area contributed by atoms with Gasteiger partial charge in [0.25, 0.3) is 0 Å². The highest BCUT2D eigenvalue weighted by Gasteiger charge is 2.34. The Kier molecular flexibility index (Phi) is 4.34. The lowest BCUT2D eigenvalue weighted by Gasteiger charge is -2.20. The molecule has 1 unspecified atom stereocenters. The van der Waals surface area contributed by atoms with E-state index in [-0.39, 0.29) is 24.4 Å². The topological polar surface area (TPSA) is 32.3 Å². The molecule has 0 bridgehead atoms. The first-order chi connectivity index (χ1) is 6.66. The van der Waals surface area contributed by atoms with Crippen molar-refractivity contribution in [3.8, 4) is 0 Å². The largest absolute Gasteiger partial charge is 0.341 e. The van der Waals surface area contributed by atoms with Crippen LogP contribution in [0.2, 0.25) is 0 Å². The van der Waals surface area contributed by atoms with E-state index < -0.39 is 6.17 Å². The molecule has 5 heteroatoms. The molecule has 0 aromatic carbocycles. The molecule has 2 aliphatic heterocycles. The molecule has 0 aromatic heterocycles. The lowest BCUT2D eigenvalue weighted by molar-refractivity contribution is -0.132. The predicted octanol–water partition coefficient (Wildman–Crippen LogP) is 0.977. The molecule has 2 rings (SSSR count). The normalized spacial score (nSPS) is 35.3. The highest BCUT2D eigenvalue weighted by atomic mass is 35.5. The lowest BCUT2D eigenvalue weighted by atomic mass is 10.2. The quantitative estimate of drug-likeness (QED) is 0.736. The van der Waals surface area contributed by atoms with Crippen LogP contribution >= 0.6 is 12.4 Å². The second kappa shape index (κ2) is 5.12. The summed E-state index contributed by atoms with van der Waals surface area (Å²) in [5.74, 6) is 0.691. The number of nitrogens with one attached hydrogen (secondary N) is 1. The van der Waals surface area contributed by atoms with E-state index in [1.165, 1.54) is 0 Å². The molecule has 0 spiro atoms. The molecule has 0 aromatic rings. The van der Waals surface area contributed by atoms with E-state index in [9.17, 15) is 9.18 Å². The molecule has 2 fully saturated rings. The summed E-state index contributed by atoms with van der Waals surface area (Å²) in [6.45, 7) is 4.16. The summed E-state index contributed by atoms with van der Waals surface area (Å²) in [4.78, 5) is 13.7. The van der Waals surface area contributed by atoms with Gasteiger partial charge < -0.3 is 10.2 Å². The number of hydrogen-bond donors (Lipinski definition) is 1. The van der Waals surface area contributed by atoms with Crippen molar-refractivity contribution in [3.63, 3.8) is 0 Å². The van der Waals surface area contributed by atoms with E-state index in [2.05, 4.69) is 12.2 Å². The zero-order valence-corrected chi connectivity index (χ0v) is 9.73. The first kappa shape index (κ1) is 12.7. The van der Waals surface area contributed by atoms with Crippen LogP contribution in [-0.4, -0.2) is 42.7 Å². The minimum Gasteiger partial charge on any atom is -0.341 e. The van der Waals surface area contributed by atoms with Gasteiger partial charge in [0.05, 0.1) is 6.04 Å². The summed E-state index contributed by atoms with van der Waals surface area (Å²) in [5, 5.41) is 2.93. The van der Waals surface area contributed by atoms with Crippen molar-refractivity contribution in [2.45, 2.75) is 32.0 Å². The van der Waals surface area contributed by atoms with Gasteiger partial charge in [-0.2, -0.15) is 0 Å². The minimum atomic E-state index is -0.844. The molecular formula is C10H18ClFN2O. The van der Waals surface area contributed by atoms with Gasteiger partial charge in [0, 0.05) is 26.1 Å². The fraction of sp³-hybridized carbons (Fsp3) is 0.900. The molecule has 1 N–H and O–H groups in total. The molecule has 2 heterocycles. The average Bonchev–Trinajstić information content (AvgIpc) is 2.73. The van der Waals surface area contributed by atoms with Crippen LogP contribution in [0.25, 0.3) is 0 Å². The fourth-order valence-electron chi connectivity index (χ4n) is 2.24. The molecule has 0 saturated carbocycles. The molecule has 2 aliphatic rings. The smallest absolute Gasteiger partial charge is 0.239 e. The fourth-order valence-corrected chi connectivity index (χ4v) is 2.24. The molecule has 0 radical (unpaired) electrons. The van der Waals surface area contributed by atoms with Gasteiger partial charge in [0.2, 0.25) is 5.91 Å². The number of carbonyl (C=O) groups is 1. The van der Waals surface area contributed by atoms with Crippen LogP contribution in [0.15, 0.2) is 0 Å². The van der Waals surface area contributed by atoms with Crippen molar-refractivity contribution >= 4 is 18.3 Å². The summed E-state index contributed by atoms with van der Waals surface area (Å²) in [7, 11) is 0. The first-order valence-corrected chi connectivity index (χ1v) is 5.33.